The molecule has 0 aliphatic rings. The highest BCUT2D eigenvalue weighted by Gasteiger charge is 2.10. The van der Waals surface area contributed by atoms with E-state index in [2.05, 4.69) is 5.32 Å². The topological polar surface area (TPSA) is 72.5 Å². The predicted molar refractivity (Wildman–Crippen MR) is 59.0 cm³/mol. The number of likely N-dealkylation sites (N-methyl/N-ethyl adjacent to an activating group) is 1. The summed E-state index contributed by atoms with van der Waals surface area (Å²) in [7, 11) is 2.86. The first-order valence-electron chi connectivity index (χ1n) is 4.31. The third kappa shape index (κ3) is 3.71. The van der Waals surface area contributed by atoms with Crippen LogP contribution in [0.25, 0.3) is 0 Å². The molecule has 0 aliphatic heterocycles. The number of hydrogen-bond donors (Lipinski definition) is 1. The number of carbonyl (C=O) groups excluding carboxylic acids is 1. The Balaban J connectivity index is 2.80. The number of halogens is 1. The summed E-state index contributed by atoms with van der Waals surface area (Å²) in [5.41, 5.74) is 0. The summed E-state index contributed by atoms with van der Waals surface area (Å²) in [5, 5.41) is 2.37. The van der Waals surface area contributed by atoms with Gasteiger partial charge >= 0.3 is 0 Å². The van der Waals surface area contributed by atoms with Crippen molar-refractivity contribution < 1.29 is 17.9 Å². The molecule has 0 saturated heterocycles. The van der Waals surface area contributed by atoms with E-state index in [1.807, 2.05) is 0 Å². The van der Waals surface area contributed by atoms with Crippen molar-refractivity contribution in [3.8, 4) is 5.75 Å². The number of ether oxygens (including phenoxy) is 1. The van der Waals surface area contributed by atoms with Crippen LogP contribution in [0, 0.1) is 0 Å². The zero-order chi connectivity index (χ0) is 12.2. The number of carbonyl (C=O) groups is 1. The molecular weight excluding hydrogens is 254 g/mol. The standard InChI is InChI=1S/C9H10ClNO4S/c1-11-9(12)6-15-7-3-2-4-8(5-7)16(10,13)14/h2-5H,6H2,1H3,(H,11,12). The fraction of sp³-hybridized carbons (Fsp3) is 0.222. The molecule has 0 aromatic heterocycles. The molecular formula is C9H10ClNO4S. The number of benzene rings is 1. The van der Waals surface area contributed by atoms with Gasteiger partial charge in [-0.15, -0.1) is 0 Å². The van der Waals surface area contributed by atoms with Gasteiger partial charge < -0.3 is 10.1 Å². The molecule has 0 unspecified atom stereocenters. The second-order valence-electron chi connectivity index (χ2n) is 2.87. The average molecular weight is 264 g/mol. The van der Waals surface area contributed by atoms with Crippen LogP contribution < -0.4 is 10.1 Å². The van der Waals surface area contributed by atoms with Gasteiger partial charge in [0.15, 0.2) is 6.61 Å². The van der Waals surface area contributed by atoms with Crippen molar-refractivity contribution >= 4 is 25.6 Å². The lowest BCUT2D eigenvalue weighted by atomic mass is 10.3. The van der Waals surface area contributed by atoms with E-state index in [0.29, 0.717) is 0 Å². The Bertz CT molecular complexity index is 486. The van der Waals surface area contributed by atoms with Crippen LogP contribution in [0.1, 0.15) is 0 Å². The lowest BCUT2D eigenvalue weighted by molar-refractivity contribution is -0.122. The molecule has 1 aromatic rings. The second kappa shape index (κ2) is 5.18. The second-order valence-corrected chi connectivity index (χ2v) is 5.44. The van der Waals surface area contributed by atoms with Gasteiger partial charge in [0.05, 0.1) is 4.90 Å². The molecule has 88 valence electrons. The summed E-state index contributed by atoms with van der Waals surface area (Å²) >= 11 is 0. The quantitative estimate of drug-likeness (QED) is 0.814. The molecule has 1 aromatic carbocycles. The van der Waals surface area contributed by atoms with Crippen molar-refractivity contribution in [2.24, 2.45) is 0 Å². The third-order valence-electron chi connectivity index (χ3n) is 1.74. The summed E-state index contributed by atoms with van der Waals surface area (Å²) < 4.78 is 27.1. The van der Waals surface area contributed by atoms with Gasteiger partial charge in [-0.25, -0.2) is 8.42 Å². The Morgan fingerprint density at radius 3 is 2.75 bits per heavy atom. The Labute approximate surface area is 97.8 Å². The number of rotatable bonds is 4. The van der Waals surface area contributed by atoms with E-state index in [0.717, 1.165) is 0 Å². The van der Waals surface area contributed by atoms with E-state index in [1.54, 1.807) is 0 Å². The van der Waals surface area contributed by atoms with Gasteiger partial charge in [0.1, 0.15) is 5.75 Å². The first-order valence-corrected chi connectivity index (χ1v) is 6.62. The average Bonchev–Trinajstić information content (AvgIpc) is 2.25. The number of amides is 1. The van der Waals surface area contributed by atoms with Gasteiger partial charge in [-0.2, -0.15) is 0 Å². The highest BCUT2D eigenvalue weighted by molar-refractivity contribution is 8.13. The Morgan fingerprint density at radius 1 is 1.50 bits per heavy atom. The van der Waals surface area contributed by atoms with Crippen molar-refractivity contribution in [3.63, 3.8) is 0 Å². The first kappa shape index (κ1) is 12.8. The van der Waals surface area contributed by atoms with Crippen molar-refractivity contribution in [3.05, 3.63) is 24.3 Å². The summed E-state index contributed by atoms with van der Waals surface area (Å²) in [6.07, 6.45) is 0. The molecule has 0 fully saturated rings. The van der Waals surface area contributed by atoms with Gasteiger partial charge in [0.2, 0.25) is 0 Å². The maximum absolute atomic E-state index is 11.0. The minimum atomic E-state index is -3.78. The molecule has 1 rings (SSSR count). The molecule has 1 amide bonds. The highest BCUT2D eigenvalue weighted by Crippen LogP contribution is 2.20. The van der Waals surface area contributed by atoms with Gasteiger partial charge in [-0.1, -0.05) is 6.07 Å². The van der Waals surface area contributed by atoms with E-state index < -0.39 is 9.05 Å². The summed E-state index contributed by atoms with van der Waals surface area (Å²) in [4.78, 5) is 10.8. The van der Waals surface area contributed by atoms with Crippen LogP contribution in [-0.2, 0) is 13.8 Å². The maximum atomic E-state index is 11.0. The lowest BCUT2D eigenvalue weighted by Gasteiger charge is -2.05. The van der Waals surface area contributed by atoms with Gasteiger partial charge in [0, 0.05) is 23.8 Å². The van der Waals surface area contributed by atoms with Crippen LogP contribution in [0.15, 0.2) is 29.2 Å². The molecule has 16 heavy (non-hydrogen) atoms. The third-order valence-corrected chi connectivity index (χ3v) is 3.09. The number of nitrogens with one attached hydrogen (secondary N) is 1. The van der Waals surface area contributed by atoms with E-state index in [-0.39, 0.29) is 23.2 Å². The molecule has 0 heterocycles. The van der Waals surface area contributed by atoms with Crippen LogP contribution >= 0.6 is 10.7 Å². The number of hydrogen-bond acceptors (Lipinski definition) is 4. The SMILES string of the molecule is CNC(=O)COc1cccc(S(=O)(=O)Cl)c1. The van der Waals surface area contributed by atoms with E-state index >= 15 is 0 Å². The Morgan fingerprint density at radius 2 is 2.19 bits per heavy atom. The maximum Gasteiger partial charge on any atom is 0.261 e. The van der Waals surface area contributed by atoms with Crippen LogP contribution in [0.2, 0.25) is 0 Å². The Hall–Kier alpha value is -1.27. The largest absolute Gasteiger partial charge is 0.484 e. The highest BCUT2D eigenvalue weighted by atomic mass is 35.7. The van der Waals surface area contributed by atoms with Gasteiger partial charge in [-0.3, -0.25) is 4.79 Å². The summed E-state index contributed by atoms with van der Waals surface area (Å²) in [6, 6.07) is 5.61. The molecule has 0 atom stereocenters. The fourth-order valence-electron chi connectivity index (χ4n) is 0.937. The van der Waals surface area contributed by atoms with Crippen molar-refractivity contribution in [1.82, 2.24) is 5.32 Å². The summed E-state index contributed by atoms with van der Waals surface area (Å²) in [6.45, 7) is -0.178. The van der Waals surface area contributed by atoms with E-state index in [1.165, 1.54) is 31.3 Å². The molecule has 0 spiro atoms. The van der Waals surface area contributed by atoms with Crippen LogP contribution in [0.3, 0.4) is 0 Å². The molecule has 1 N–H and O–H groups in total. The van der Waals surface area contributed by atoms with Crippen molar-refractivity contribution in [1.29, 1.82) is 0 Å². The van der Waals surface area contributed by atoms with Crippen LogP contribution in [0.5, 0.6) is 5.75 Å². The minimum absolute atomic E-state index is 0.0661. The van der Waals surface area contributed by atoms with Crippen molar-refractivity contribution in [2.45, 2.75) is 4.90 Å². The predicted octanol–water partition coefficient (Wildman–Crippen LogP) is 0.739. The molecule has 5 nitrogen and oxygen atoms in total. The smallest absolute Gasteiger partial charge is 0.261 e. The van der Waals surface area contributed by atoms with Crippen LogP contribution in [-0.4, -0.2) is 28.0 Å². The normalized spacial score (nSPS) is 10.9. The molecule has 7 heteroatoms. The van der Waals surface area contributed by atoms with E-state index in [9.17, 15) is 13.2 Å². The zero-order valence-electron chi connectivity index (χ0n) is 8.44. The molecule has 0 radical (unpaired) electrons. The zero-order valence-corrected chi connectivity index (χ0v) is 10.0. The molecule has 0 bridgehead atoms. The monoisotopic (exact) mass is 263 g/mol. The fourth-order valence-corrected chi connectivity index (χ4v) is 1.72. The van der Waals surface area contributed by atoms with Gasteiger partial charge in [-0.05, 0) is 12.1 Å². The molecule has 0 aliphatic carbocycles. The van der Waals surface area contributed by atoms with Gasteiger partial charge in [0.25, 0.3) is 15.0 Å². The van der Waals surface area contributed by atoms with Crippen LogP contribution in [0.4, 0.5) is 0 Å². The first-order chi connectivity index (χ1) is 7.43. The minimum Gasteiger partial charge on any atom is -0.484 e. The lowest BCUT2D eigenvalue weighted by Crippen LogP contribution is -2.24. The van der Waals surface area contributed by atoms with E-state index in [4.69, 9.17) is 15.4 Å². The van der Waals surface area contributed by atoms with Crippen molar-refractivity contribution in [2.75, 3.05) is 13.7 Å². The summed E-state index contributed by atoms with van der Waals surface area (Å²) in [5.74, 6) is -0.0375. The molecule has 0 saturated carbocycles. The Kier molecular flexibility index (Phi) is 4.14.